The third-order valence-electron chi connectivity index (χ3n) is 4.45. The summed E-state index contributed by atoms with van der Waals surface area (Å²) in [5.74, 6) is 7.77. The Kier molecular flexibility index (Phi) is 4.43. The maximum absolute atomic E-state index is 12.1. The van der Waals surface area contributed by atoms with Crippen molar-refractivity contribution >= 4 is 28.3 Å². The van der Waals surface area contributed by atoms with E-state index in [-0.39, 0.29) is 11.8 Å². The first-order valence-corrected chi connectivity index (χ1v) is 8.86. The number of aromatic nitrogens is 3. The SMILES string of the molecule is CNc1ncc(C#Cc2ccnc(C)c2)c2cc(NC(=O)C3CC3)ncc12. The average Bonchev–Trinajstić information content (AvgIpc) is 3.51. The largest absolute Gasteiger partial charge is 0.373 e. The molecule has 0 radical (unpaired) electrons. The first-order valence-electron chi connectivity index (χ1n) is 8.86. The Morgan fingerprint density at radius 1 is 1.11 bits per heavy atom. The van der Waals surface area contributed by atoms with Gasteiger partial charge in [-0.15, -0.1) is 0 Å². The molecule has 6 heteroatoms. The summed E-state index contributed by atoms with van der Waals surface area (Å²) >= 11 is 0. The van der Waals surface area contributed by atoms with Gasteiger partial charge in [0.2, 0.25) is 5.91 Å². The fourth-order valence-corrected chi connectivity index (χ4v) is 2.84. The van der Waals surface area contributed by atoms with E-state index in [0.29, 0.717) is 5.82 Å². The van der Waals surface area contributed by atoms with Crippen LogP contribution in [-0.2, 0) is 4.79 Å². The number of hydrogen-bond acceptors (Lipinski definition) is 5. The molecule has 3 aromatic heterocycles. The summed E-state index contributed by atoms with van der Waals surface area (Å²) in [5.41, 5.74) is 2.59. The minimum Gasteiger partial charge on any atom is -0.373 e. The number of hydrogen-bond donors (Lipinski definition) is 2. The van der Waals surface area contributed by atoms with Gasteiger partial charge in [0.25, 0.3) is 0 Å². The number of aryl methyl sites for hydroxylation is 1. The summed E-state index contributed by atoms with van der Waals surface area (Å²) in [6, 6.07) is 5.67. The zero-order valence-corrected chi connectivity index (χ0v) is 15.2. The van der Waals surface area contributed by atoms with Gasteiger partial charge in [-0.1, -0.05) is 11.8 Å². The molecule has 1 fully saturated rings. The third-order valence-corrected chi connectivity index (χ3v) is 4.45. The minimum atomic E-state index is 0.0321. The molecule has 3 heterocycles. The van der Waals surface area contributed by atoms with Gasteiger partial charge in [-0.05, 0) is 38.0 Å². The standard InChI is InChI=1S/C21H19N5O/c1-13-9-14(7-8-23-13)3-4-16-11-25-20(22-2)18-12-24-19(10-17(16)18)26-21(27)15-5-6-15/h7-12,15H,5-6H2,1-2H3,(H,22,25)(H,24,26,27). The van der Waals surface area contributed by atoms with Gasteiger partial charge in [0.05, 0.1) is 5.56 Å². The van der Waals surface area contributed by atoms with Gasteiger partial charge in [-0.3, -0.25) is 9.78 Å². The molecule has 27 heavy (non-hydrogen) atoms. The second-order valence-electron chi connectivity index (χ2n) is 6.59. The predicted octanol–water partition coefficient (Wildman–Crippen LogP) is 3.12. The number of fused-ring (bicyclic) bond motifs is 1. The zero-order valence-electron chi connectivity index (χ0n) is 15.2. The number of nitrogens with one attached hydrogen (secondary N) is 2. The summed E-state index contributed by atoms with van der Waals surface area (Å²) in [6.45, 7) is 1.93. The Labute approximate surface area is 157 Å². The number of amides is 1. The van der Waals surface area contributed by atoms with Gasteiger partial charge in [0.1, 0.15) is 11.6 Å². The average molecular weight is 357 g/mol. The molecule has 0 unspecified atom stereocenters. The molecule has 0 bridgehead atoms. The van der Waals surface area contributed by atoms with Crippen LogP contribution in [0.15, 0.2) is 36.8 Å². The molecule has 0 aliphatic heterocycles. The van der Waals surface area contributed by atoms with E-state index in [1.54, 1.807) is 18.6 Å². The van der Waals surface area contributed by atoms with E-state index in [4.69, 9.17) is 0 Å². The van der Waals surface area contributed by atoms with Crippen molar-refractivity contribution in [2.45, 2.75) is 19.8 Å². The van der Waals surface area contributed by atoms with Crippen LogP contribution in [0.5, 0.6) is 0 Å². The van der Waals surface area contributed by atoms with Crippen molar-refractivity contribution in [3.8, 4) is 11.8 Å². The molecular weight excluding hydrogens is 338 g/mol. The number of nitrogens with zero attached hydrogens (tertiary/aromatic N) is 3. The molecule has 0 aromatic carbocycles. The molecule has 1 aliphatic rings. The number of pyridine rings is 3. The summed E-state index contributed by atoms with van der Waals surface area (Å²) in [7, 11) is 1.82. The van der Waals surface area contributed by atoms with Crippen LogP contribution in [-0.4, -0.2) is 27.9 Å². The predicted molar refractivity (Wildman–Crippen MR) is 105 cm³/mol. The van der Waals surface area contributed by atoms with Crippen molar-refractivity contribution in [3.63, 3.8) is 0 Å². The van der Waals surface area contributed by atoms with E-state index in [1.807, 2.05) is 32.2 Å². The quantitative estimate of drug-likeness (QED) is 0.704. The van der Waals surface area contributed by atoms with Crippen molar-refractivity contribution < 1.29 is 4.79 Å². The van der Waals surface area contributed by atoms with Crippen molar-refractivity contribution in [2.75, 3.05) is 17.7 Å². The maximum atomic E-state index is 12.1. The van der Waals surface area contributed by atoms with Crippen LogP contribution in [0.3, 0.4) is 0 Å². The van der Waals surface area contributed by atoms with Crippen LogP contribution in [0.1, 0.15) is 29.7 Å². The van der Waals surface area contributed by atoms with Gasteiger partial charge in [0, 0.05) is 53.6 Å². The first-order chi connectivity index (χ1) is 13.1. The Hall–Kier alpha value is -3.46. The van der Waals surface area contributed by atoms with E-state index in [2.05, 4.69) is 37.4 Å². The first kappa shape index (κ1) is 17.0. The van der Waals surface area contributed by atoms with Crippen LogP contribution in [0, 0.1) is 24.7 Å². The second-order valence-corrected chi connectivity index (χ2v) is 6.59. The maximum Gasteiger partial charge on any atom is 0.228 e. The molecular formula is C21H19N5O. The van der Waals surface area contributed by atoms with Gasteiger partial charge >= 0.3 is 0 Å². The second kappa shape index (κ2) is 7.04. The number of anilines is 2. The normalized spacial score (nSPS) is 13.0. The van der Waals surface area contributed by atoms with E-state index in [0.717, 1.165) is 46.3 Å². The lowest BCUT2D eigenvalue weighted by Crippen LogP contribution is -2.14. The Bertz CT molecular complexity index is 1090. The van der Waals surface area contributed by atoms with Crippen molar-refractivity contribution in [2.24, 2.45) is 5.92 Å². The summed E-state index contributed by atoms with van der Waals surface area (Å²) in [6.07, 6.45) is 7.11. The van der Waals surface area contributed by atoms with Gasteiger partial charge < -0.3 is 10.6 Å². The zero-order chi connectivity index (χ0) is 18.8. The third kappa shape index (κ3) is 3.72. The Balaban J connectivity index is 1.75. The highest BCUT2D eigenvalue weighted by Gasteiger charge is 2.29. The van der Waals surface area contributed by atoms with E-state index in [1.165, 1.54) is 0 Å². The molecule has 0 atom stereocenters. The molecule has 6 nitrogen and oxygen atoms in total. The van der Waals surface area contributed by atoms with Crippen LogP contribution in [0.25, 0.3) is 10.8 Å². The Morgan fingerprint density at radius 2 is 1.96 bits per heavy atom. The summed E-state index contributed by atoms with van der Waals surface area (Å²) in [4.78, 5) is 25.0. The lowest BCUT2D eigenvalue weighted by Gasteiger charge is -2.09. The van der Waals surface area contributed by atoms with Gasteiger partial charge in [0.15, 0.2) is 0 Å². The van der Waals surface area contributed by atoms with Crippen LogP contribution in [0.2, 0.25) is 0 Å². The molecule has 2 N–H and O–H groups in total. The van der Waals surface area contributed by atoms with E-state index in [9.17, 15) is 4.79 Å². The smallest absolute Gasteiger partial charge is 0.228 e. The highest BCUT2D eigenvalue weighted by molar-refractivity contribution is 5.99. The molecule has 1 amide bonds. The van der Waals surface area contributed by atoms with Crippen molar-refractivity contribution in [1.29, 1.82) is 0 Å². The van der Waals surface area contributed by atoms with Gasteiger partial charge in [-0.25, -0.2) is 9.97 Å². The highest BCUT2D eigenvalue weighted by Crippen LogP contribution is 2.31. The summed E-state index contributed by atoms with van der Waals surface area (Å²) < 4.78 is 0. The lowest BCUT2D eigenvalue weighted by molar-refractivity contribution is -0.117. The molecule has 3 aromatic rings. The fourth-order valence-electron chi connectivity index (χ4n) is 2.84. The monoisotopic (exact) mass is 357 g/mol. The molecule has 4 rings (SSSR count). The molecule has 0 saturated heterocycles. The molecule has 1 saturated carbocycles. The minimum absolute atomic E-state index is 0.0321. The number of carbonyl (C=O) groups is 1. The van der Waals surface area contributed by atoms with Crippen LogP contribution < -0.4 is 10.6 Å². The lowest BCUT2D eigenvalue weighted by atomic mass is 10.1. The Morgan fingerprint density at radius 3 is 2.70 bits per heavy atom. The van der Waals surface area contributed by atoms with Crippen molar-refractivity contribution in [3.05, 3.63) is 53.6 Å². The molecule has 134 valence electrons. The van der Waals surface area contributed by atoms with E-state index < -0.39 is 0 Å². The topological polar surface area (TPSA) is 79.8 Å². The van der Waals surface area contributed by atoms with Gasteiger partial charge in [-0.2, -0.15) is 0 Å². The fraction of sp³-hybridized carbons (Fsp3) is 0.238. The number of carbonyl (C=O) groups excluding carboxylic acids is 1. The molecule has 1 aliphatic carbocycles. The van der Waals surface area contributed by atoms with Crippen LogP contribution >= 0.6 is 0 Å². The van der Waals surface area contributed by atoms with Crippen LogP contribution in [0.4, 0.5) is 11.6 Å². The molecule has 0 spiro atoms. The summed E-state index contributed by atoms with van der Waals surface area (Å²) in [5, 5.41) is 7.72. The van der Waals surface area contributed by atoms with E-state index >= 15 is 0 Å². The highest BCUT2D eigenvalue weighted by atomic mass is 16.2. The number of rotatable bonds is 3. The van der Waals surface area contributed by atoms with Crippen molar-refractivity contribution in [1.82, 2.24) is 15.0 Å².